The van der Waals surface area contributed by atoms with E-state index in [1.807, 2.05) is 37.5 Å². The standard InChI is InChI=1S/C12H22ClN3S/c1-5-6-17-8-10(14-3)7-11-12(13)9(2)15-16(11)4/h10,14H,5-8H2,1-4H3. The Bertz CT molecular complexity index is 352. The predicted octanol–water partition coefficient (Wildman–Crippen LogP) is 2.66. The van der Waals surface area contributed by atoms with Crippen molar-refractivity contribution in [3.05, 3.63) is 16.4 Å². The molecule has 1 heterocycles. The second-order valence-corrected chi connectivity index (χ2v) is 5.76. The van der Waals surface area contributed by atoms with Crippen LogP contribution in [0.25, 0.3) is 0 Å². The summed E-state index contributed by atoms with van der Waals surface area (Å²) in [6, 6.07) is 0.457. The molecule has 0 aliphatic heterocycles. The average Bonchev–Trinajstić information content (AvgIpc) is 2.54. The number of rotatable bonds is 7. The zero-order chi connectivity index (χ0) is 12.8. The minimum absolute atomic E-state index is 0.457. The van der Waals surface area contributed by atoms with Crippen molar-refractivity contribution in [3.8, 4) is 0 Å². The summed E-state index contributed by atoms with van der Waals surface area (Å²) in [6.07, 6.45) is 2.16. The van der Waals surface area contributed by atoms with E-state index < -0.39 is 0 Å². The predicted molar refractivity (Wildman–Crippen MR) is 77.1 cm³/mol. The minimum atomic E-state index is 0.457. The van der Waals surface area contributed by atoms with Crippen molar-refractivity contribution in [1.29, 1.82) is 0 Å². The second kappa shape index (κ2) is 7.29. The van der Waals surface area contributed by atoms with Crippen LogP contribution in [0.5, 0.6) is 0 Å². The molecule has 17 heavy (non-hydrogen) atoms. The third-order valence-corrected chi connectivity index (χ3v) is 4.60. The number of thioether (sulfide) groups is 1. The van der Waals surface area contributed by atoms with Gasteiger partial charge in [-0.05, 0) is 26.1 Å². The van der Waals surface area contributed by atoms with E-state index in [4.69, 9.17) is 11.6 Å². The number of nitrogens with one attached hydrogen (secondary N) is 1. The van der Waals surface area contributed by atoms with Crippen molar-refractivity contribution in [2.45, 2.75) is 32.7 Å². The van der Waals surface area contributed by atoms with E-state index in [9.17, 15) is 0 Å². The molecule has 1 aromatic heterocycles. The van der Waals surface area contributed by atoms with Crippen molar-refractivity contribution in [2.75, 3.05) is 18.6 Å². The Morgan fingerprint density at radius 1 is 1.53 bits per heavy atom. The number of halogens is 1. The molecule has 3 nitrogen and oxygen atoms in total. The van der Waals surface area contributed by atoms with Crippen LogP contribution in [-0.2, 0) is 13.5 Å². The molecule has 0 amide bonds. The molecule has 0 aliphatic rings. The van der Waals surface area contributed by atoms with E-state index in [0.717, 1.165) is 28.6 Å². The van der Waals surface area contributed by atoms with E-state index in [-0.39, 0.29) is 0 Å². The third-order valence-electron chi connectivity index (χ3n) is 2.78. The Balaban J connectivity index is 2.60. The molecule has 0 aromatic carbocycles. The Labute approximate surface area is 113 Å². The Kier molecular flexibility index (Phi) is 6.38. The maximum Gasteiger partial charge on any atom is 0.0847 e. The summed E-state index contributed by atoms with van der Waals surface area (Å²) < 4.78 is 1.90. The van der Waals surface area contributed by atoms with E-state index in [1.54, 1.807) is 0 Å². The molecule has 0 saturated heterocycles. The highest BCUT2D eigenvalue weighted by Gasteiger charge is 2.15. The van der Waals surface area contributed by atoms with Gasteiger partial charge in [0.2, 0.25) is 0 Å². The van der Waals surface area contributed by atoms with E-state index in [2.05, 4.69) is 17.3 Å². The fourth-order valence-corrected chi connectivity index (χ4v) is 3.01. The van der Waals surface area contributed by atoms with Gasteiger partial charge in [-0.2, -0.15) is 16.9 Å². The van der Waals surface area contributed by atoms with Crippen LogP contribution >= 0.6 is 23.4 Å². The highest BCUT2D eigenvalue weighted by atomic mass is 35.5. The quantitative estimate of drug-likeness (QED) is 0.776. The Hall–Kier alpha value is -0.190. The van der Waals surface area contributed by atoms with Gasteiger partial charge < -0.3 is 5.32 Å². The summed E-state index contributed by atoms with van der Waals surface area (Å²) in [6.45, 7) is 4.16. The SMILES string of the molecule is CCCSCC(Cc1c(Cl)c(C)nn1C)NC. The number of likely N-dealkylation sites (N-methyl/N-ethyl adjacent to an activating group) is 1. The van der Waals surface area contributed by atoms with Crippen LogP contribution in [-0.4, -0.2) is 34.4 Å². The summed E-state index contributed by atoms with van der Waals surface area (Å²) in [5.41, 5.74) is 2.04. The lowest BCUT2D eigenvalue weighted by Crippen LogP contribution is -2.31. The molecule has 1 unspecified atom stereocenters. The molecule has 1 atom stereocenters. The van der Waals surface area contributed by atoms with Crippen LogP contribution in [0, 0.1) is 6.92 Å². The zero-order valence-electron chi connectivity index (χ0n) is 11.1. The summed E-state index contributed by atoms with van der Waals surface area (Å²) in [5, 5.41) is 8.51. The van der Waals surface area contributed by atoms with Crippen LogP contribution in [0.15, 0.2) is 0 Å². The fourth-order valence-electron chi connectivity index (χ4n) is 1.75. The van der Waals surface area contributed by atoms with Gasteiger partial charge in [-0.1, -0.05) is 18.5 Å². The van der Waals surface area contributed by atoms with Gasteiger partial charge in [-0.15, -0.1) is 0 Å². The monoisotopic (exact) mass is 275 g/mol. The number of hydrogen-bond donors (Lipinski definition) is 1. The molecule has 1 aromatic rings. The molecular weight excluding hydrogens is 254 g/mol. The zero-order valence-corrected chi connectivity index (χ0v) is 12.7. The minimum Gasteiger partial charge on any atom is -0.316 e. The molecule has 1 rings (SSSR count). The van der Waals surface area contributed by atoms with Gasteiger partial charge in [0.25, 0.3) is 0 Å². The van der Waals surface area contributed by atoms with E-state index in [1.165, 1.54) is 12.2 Å². The van der Waals surface area contributed by atoms with Crippen molar-refractivity contribution < 1.29 is 0 Å². The van der Waals surface area contributed by atoms with E-state index in [0.29, 0.717) is 6.04 Å². The molecule has 0 aliphatic carbocycles. The lowest BCUT2D eigenvalue weighted by Gasteiger charge is -2.16. The number of nitrogens with zero attached hydrogens (tertiary/aromatic N) is 2. The van der Waals surface area contributed by atoms with Gasteiger partial charge in [-0.25, -0.2) is 0 Å². The normalized spacial score (nSPS) is 13.0. The molecule has 0 bridgehead atoms. The smallest absolute Gasteiger partial charge is 0.0847 e. The van der Waals surface area contributed by atoms with Gasteiger partial charge in [0.1, 0.15) is 0 Å². The van der Waals surface area contributed by atoms with Gasteiger partial charge in [0.05, 0.1) is 16.4 Å². The summed E-state index contributed by atoms with van der Waals surface area (Å²) in [7, 11) is 3.97. The van der Waals surface area contributed by atoms with Gasteiger partial charge in [0.15, 0.2) is 0 Å². The second-order valence-electron chi connectivity index (χ2n) is 4.23. The van der Waals surface area contributed by atoms with E-state index >= 15 is 0 Å². The molecular formula is C12H22ClN3S. The van der Waals surface area contributed by atoms with Crippen molar-refractivity contribution in [2.24, 2.45) is 7.05 Å². The summed E-state index contributed by atoms with van der Waals surface area (Å²) >= 11 is 8.25. The topological polar surface area (TPSA) is 29.9 Å². The first-order valence-corrected chi connectivity index (χ1v) is 7.56. The average molecular weight is 276 g/mol. The maximum absolute atomic E-state index is 6.26. The van der Waals surface area contributed by atoms with Crippen LogP contribution < -0.4 is 5.32 Å². The third kappa shape index (κ3) is 4.19. The molecule has 5 heteroatoms. The molecule has 0 spiro atoms. The molecule has 0 fully saturated rings. The lowest BCUT2D eigenvalue weighted by molar-refractivity contribution is 0.582. The van der Waals surface area contributed by atoms with Gasteiger partial charge in [0, 0.05) is 25.3 Å². The number of aryl methyl sites for hydroxylation is 2. The number of hydrogen-bond acceptors (Lipinski definition) is 3. The highest BCUT2D eigenvalue weighted by molar-refractivity contribution is 7.99. The van der Waals surface area contributed by atoms with Crippen molar-refractivity contribution in [3.63, 3.8) is 0 Å². The molecule has 98 valence electrons. The highest BCUT2D eigenvalue weighted by Crippen LogP contribution is 2.21. The number of aromatic nitrogens is 2. The molecule has 0 radical (unpaired) electrons. The molecule has 1 N–H and O–H groups in total. The van der Waals surface area contributed by atoms with Crippen LogP contribution in [0.1, 0.15) is 24.7 Å². The van der Waals surface area contributed by atoms with Crippen LogP contribution in [0.4, 0.5) is 0 Å². The fraction of sp³-hybridized carbons (Fsp3) is 0.750. The van der Waals surface area contributed by atoms with Crippen molar-refractivity contribution in [1.82, 2.24) is 15.1 Å². The van der Waals surface area contributed by atoms with Gasteiger partial charge >= 0.3 is 0 Å². The maximum atomic E-state index is 6.26. The van der Waals surface area contributed by atoms with Crippen molar-refractivity contribution >= 4 is 23.4 Å². The summed E-state index contributed by atoms with van der Waals surface area (Å²) in [5.74, 6) is 2.33. The Morgan fingerprint density at radius 3 is 2.71 bits per heavy atom. The first-order valence-electron chi connectivity index (χ1n) is 6.03. The first kappa shape index (κ1) is 14.9. The lowest BCUT2D eigenvalue weighted by atomic mass is 10.2. The first-order chi connectivity index (χ1) is 8.10. The van der Waals surface area contributed by atoms with Gasteiger partial charge in [-0.3, -0.25) is 4.68 Å². The summed E-state index contributed by atoms with van der Waals surface area (Å²) in [4.78, 5) is 0. The van der Waals surface area contributed by atoms with Crippen LogP contribution in [0.3, 0.4) is 0 Å². The largest absolute Gasteiger partial charge is 0.316 e. The molecule has 0 saturated carbocycles. The van der Waals surface area contributed by atoms with Crippen LogP contribution in [0.2, 0.25) is 5.02 Å². The Morgan fingerprint density at radius 2 is 2.24 bits per heavy atom.